The van der Waals surface area contributed by atoms with Crippen LogP contribution in [-0.4, -0.2) is 35.0 Å². The Morgan fingerprint density at radius 3 is 1.31 bits per heavy atom. The van der Waals surface area contributed by atoms with Crippen molar-refractivity contribution in [3.63, 3.8) is 0 Å². The summed E-state index contributed by atoms with van der Waals surface area (Å²) in [7, 11) is 0. The molecule has 0 radical (unpaired) electrons. The standard InChI is InChI=1S/C20H20N2O4.C2H6O/c23-15-5-1-13(2-6-15)9-11-21-17-18(20(26)19(17)25)22-12-10-14-3-7-16(24)8-4-14;1-2-3/h1-8,21-24H,9-12H2;3H,2H2,1H3. The number of phenolic OH excluding ortho intramolecular Hbond substituents is 2. The summed E-state index contributed by atoms with van der Waals surface area (Å²) in [4.78, 5) is 23.5. The van der Waals surface area contributed by atoms with Crippen molar-refractivity contribution >= 4 is 11.4 Å². The summed E-state index contributed by atoms with van der Waals surface area (Å²) in [6.07, 6.45) is 1.35. The fourth-order valence-electron chi connectivity index (χ4n) is 2.72. The molecule has 0 aliphatic carbocycles. The lowest BCUT2D eigenvalue weighted by Gasteiger charge is -2.15. The van der Waals surface area contributed by atoms with Crippen molar-refractivity contribution in [2.45, 2.75) is 19.8 Å². The smallest absolute Gasteiger partial charge is 0.253 e. The Hall–Kier alpha value is -3.32. The Balaban J connectivity index is 0.000000941. The normalized spacial score (nSPS) is 10.3. The third-order valence-corrected chi connectivity index (χ3v) is 4.21. The van der Waals surface area contributed by atoms with E-state index in [1.807, 2.05) is 24.3 Å². The first kappa shape index (κ1) is 22.0. The molecule has 0 heterocycles. The van der Waals surface area contributed by atoms with Gasteiger partial charge in [0.2, 0.25) is 0 Å². The first-order valence-corrected chi connectivity index (χ1v) is 9.44. The van der Waals surface area contributed by atoms with Gasteiger partial charge in [0.15, 0.2) is 0 Å². The molecule has 0 aliphatic heterocycles. The Morgan fingerprint density at radius 2 is 1.00 bits per heavy atom. The van der Waals surface area contributed by atoms with Crippen molar-refractivity contribution in [1.29, 1.82) is 0 Å². The molecule has 3 rings (SSSR count). The van der Waals surface area contributed by atoms with Gasteiger partial charge in [0.25, 0.3) is 10.9 Å². The van der Waals surface area contributed by atoms with Crippen LogP contribution >= 0.6 is 0 Å². The lowest BCUT2D eigenvalue weighted by molar-refractivity contribution is 0.318. The van der Waals surface area contributed by atoms with Gasteiger partial charge in [-0.3, -0.25) is 9.59 Å². The zero-order valence-electron chi connectivity index (χ0n) is 16.3. The van der Waals surface area contributed by atoms with Crippen LogP contribution in [0.5, 0.6) is 11.5 Å². The molecule has 0 amide bonds. The van der Waals surface area contributed by atoms with Crippen LogP contribution in [-0.2, 0) is 12.8 Å². The zero-order valence-corrected chi connectivity index (χ0v) is 16.3. The second kappa shape index (κ2) is 10.9. The number of rotatable bonds is 8. The molecule has 0 aliphatic rings. The molecule has 0 atom stereocenters. The SMILES string of the molecule is CCO.O=c1c(NCCc2ccc(O)cc2)c(NCCc2ccc(O)cc2)c1=O. The van der Waals surface area contributed by atoms with E-state index >= 15 is 0 Å². The zero-order chi connectivity index (χ0) is 21.2. The first-order valence-electron chi connectivity index (χ1n) is 9.44. The maximum Gasteiger partial charge on any atom is 0.253 e. The Labute approximate surface area is 169 Å². The molecule has 5 N–H and O–H groups in total. The van der Waals surface area contributed by atoms with E-state index < -0.39 is 10.9 Å². The molecule has 7 nitrogen and oxygen atoms in total. The fraction of sp³-hybridized carbons (Fsp3) is 0.273. The van der Waals surface area contributed by atoms with Crippen molar-refractivity contribution < 1.29 is 15.3 Å². The quantitative estimate of drug-likeness (QED) is 0.368. The number of aromatic hydroxyl groups is 2. The van der Waals surface area contributed by atoms with Gasteiger partial charge < -0.3 is 26.0 Å². The third kappa shape index (κ3) is 6.36. The second-order valence-corrected chi connectivity index (χ2v) is 6.41. The topological polar surface area (TPSA) is 119 Å². The van der Waals surface area contributed by atoms with Crippen molar-refractivity contribution in [2.24, 2.45) is 0 Å². The molecule has 3 aromatic rings. The van der Waals surface area contributed by atoms with E-state index in [2.05, 4.69) is 10.6 Å². The Morgan fingerprint density at radius 1 is 0.690 bits per heavy atom. The predicted molar refractivity (Wildman–Crippen MR) is 115 cm³/mol. The third-order valence-electron chi connectivity index (χ3n) is 4.21. The lowest BCUT2D eigenvalue weighted by atomic mass is 10.1. The maximum atomic E-state index is 11.8. The molecule has 154 valence electrons. The summed E-state index contributed by atoms with van der Waals surface area (Å²) in [5.41, 5.74) is 1.72. The summed E-state index contributed by atoms with van der Waals surface area (Å²) in [6.45, 7) is 2.96. The molecule has 0 bridgehead atoms. The highest BCUT2D eigenvalue weighted by Gasteiger charge is 2.19. The van der Waals surface area contributed by atoms with E-state index in [4.69, 9.17) is 5.11 Å². The Bertz CT molecular complexity index is 879. The molecule has 7 heteroatoms. The summed E-state index contributed by atoms with van der Waals surface area (Å²) < 4.78 is 0. The van der Waals surface area contributed by atoms with E-state index in [1.165, 1.54) is 0 Å². The predicted octanol–water partition coefficient (Wildman–Crippen LogP) is 2.00. The van der Waals surface area contributed by atoms with Crippen molar-refractivity contribution in [1.82, 2.24) is 0 Å². The largest absolute Gasteiger partial charge is 0.508 e. The first-order chi connectivity index (χ1) is 14.0. The van der Waals surface area contributed by atoms with Gasteiger partial charge in [0, 0.05) is 19.7 Å². The van der Waals surface area contributed by atoms with E-state index in [-0.39, 0.29) is 18.1 Å². The second-order valence-electron chi connectivity index (χ2n) is 6.41. The van der Waals surface area contributed by atoms with E-state index in [0.717, 1.165) is 11.1 Å². The van der Waals surface area contributed by atoms with E-state index in [9.17, 15) is 19.8 Å². The van der Waals surface area contributed by atoms with E-state index in [0.29, 0.717) is 37.3 Å². The van der Waals surface area contributed by atoms with Gasteiger partial charge in [-0.05, 0) is 55.2 Å². The summed E-state index contributed by atoms with van der Waals surface area (Å²) in [5.74, 6) is 0.425. The number of aliphatic hydroxyl groups excluding tert-OH is 1. The summed E-state index contributed by atoms with van der Waals surface area (Å²) in [6, 6.07) is 13.7. The number of aliphatic hydroxyl groups is 1. The van der Waals surface area contributed by atoms with Gasteiger partial charge in [-0.2, -0.15) is 0 Å². The minimum Gasteiger partial charge on any atom is -0.508 e. The summed E-state index contributed by atoms with van der Waals surface area (Å²) in [5, 5.41) is 32.1. The van der Waals surface area contributed by atoms with Crippen LogP contribution < -0.4 is 21.5 Å². The van der Waals surface area contributed by atoms with Crippen LogP contribution in [0, 0.1) is 0 Å². The molecular formula is C22H26N2O5. The van der Waals surface area contributed by atoms with Gasteiger partial charge in [0.05, 0.1) is 0 Å². The van der Waals surface area contributed by atoms with Crippen LogP contribution in [0.4, 0.5) is 11.4 Å². The number of hydrogen-bond acceptors (Lipinski definition) is 7. The average Bonchev–Trinajstić information content (AvgIpc) is 2.72. The molecule has 0 spiro atoms. The van der Waals surface area contributed by atoms with Gasteiger partial charge >= 0.3 is 0 Å². The number of benzene rings is 2. The van der Waals surface area contributed by atoms with Crippen LogP contribution in [0.1, 0.15) is 18.1 Å². The molecule has 3 aromatic carbocycles. The molecule has 0 aromatic heterocycles. The monoisotopic (exact) mass is 398 g/mol. The number of nitrogens with one attached hydrogen (secondary N) is 2. The van der Waals surface area contributed by atoms with Crippen LogP contribution in [0.2, 0.25) is 0 Å². The molecule has 0 unspecified atom stereocenters. The van der Waals surface area contributed by atoms with Gasteiger partial charge in [-0.1, -0.05) is 24.3 Å². The average molecular weight is 398 g/mol. The molecule has 0 fully saturated rings. The van der Waals surface area contributed by atoms with Crippen LogP contribution in [0.3, 0.4) is 0 Å². The Kier molecular flexibility index (Phi) is 8.24. The maximum absolute atomic E-state index is 11.8. The molecule has 29 heavy (non-hydrogen) atoms. The van der Waals surface area contributed by atoms with Crippen molar-refractivity contribution in [3.8, 4) is 11.5 Å². The lowest BCUT2D eigenvalue weighted by Crippen LogP contribution is -2.38. The van der Waals surface area contributed by atoms with Crippen molar-refractivity contribution in [3.05, 3.63) is 80.1 Å². The molecule has 0 saturated heterocycles. The minimum atomic E-state index is -0.497. The number of anilines is 2. The van der Waals surface area contributed by atoms with Crippen LogP contribution in [0.25, 0.3) is 0 Å². The van der Waals surface area contributed by atoms with Crippen molar-refractivity contribution in [2.75, 3.05) is 30.3 Å². The van der Waals surface area contributed by atoms with Gasteiger partial charge in [-0.25, -0.2) is 0 Å². The highest BCUT2D eigenvalue weighted by molar-refractivity contribution is 5.74. The van der Waals surface area contributed by atoms with Crippen LogP contribution in [0.15, 0.2) is 58.1 Å². The fourth-order valence-corrected chi connectivity index (χ4v) is 2.72. The van der Waals surface area contributed by atoms with E-state index in [1.54, 1.807) is 31.2 Å². The molecule has 0 saturated carbocycles. The number of phenols is 2. The highest BCUT2D eigenvalue weighted by atomic mass is 16.3. The van der Waals surface area contributed by atoms with Gasteiger partial charge in [-0.15, -0.1) is 0 Å². The summed E-state index contributed by atoms with van der Waals surface area (Å²) >= 11 is 0. The minimum absolute atomic E-state index is 0.212. The van der Waals surface area contributed by atoms with Gasteiger partial charge in [0.1, 0.15) is 22.9 Å². The molecular weight excluding hydrogens is 372 g/mol. The highest BCUT2D eigenvalue weighted by Crippen LogP contribution is 2.16. The number of hydrogen-bond donors (Lipinski definition) is 5.